The maximum atomic E-state index is 12.9. The van der Waals surface area contributed by atoms with Crippen molar-refractivity contribution < 1.29 is 19.1 Å². The number of carbonyl (C=O) groups is 2. The molecule has 144 valence electrons. The van der Waals surface area contributed by atoms with Crippen molar-refractivity contribution in [2.45, 2.75) is 50.6 Å². The van der Waals surface area contributed by atoms with E-state index in [9.17, 15) is 9.59 Å². The highest BCUT2D eigenvalue weighted by Gasteiger charge is 2.44. The van der Waals surface area contributed by atoms with Gasteiger partial charge in [-0.1, -0.05) is 0 Å². The topological polar surface area (TPSA) is 88.7 Å². The fourth-order valence-electron chi connectivity index (χ4n) is 3.80. The third kappa shape index (κ3) is 5.54. The van der Waals surface area contributed by atoms with Gasteiger partial charge in [-0.15, -0.1) is 12.4 Å². The molecule has 0 aromatic rings. The van der Waals surface area contributed by atoms with E-state index in [1.807, 2.05) is 0 Å². The molecule has 0 bridgehead atoms. The lowest BCUT2D eigenvalue weighted by atomic mass is 9.81. The van der Waals surface area contributed by atoms with Crippen molar-refractivity contribution in [3.05, 3.63) is 0 Å². The van der Waals surface area contributed by atoms with Gasteiger partial charge in [0, 0.05) is 26.2 Å². The summed E-state index contributed by atoms with van der Waals surface area (Å²) in [6.45, 7) is 4.01. The fraction of sp³-hybridized carbons (Fsp3) is 0.882. The van der Waals surface area contributed by atoms with Crippen LogP contribution >= 0.6 is 12.4 Å². The molecule has 3 aliphatic heterocycles. The van der Waals surface area contributed by atoms with Crippen LogP contribution in [0, 0.1) is 5.41 Å². The smallest absolute Gasteiger partial charge is 0.228 e. The zero-order valence-corrected chi connectivity index (χ0v) is 15.5. The molecule has 0 aromatic carbocycles. The van der Waals surface area contributed by atoms with E-state index in [-0.39, 0.29) is 42.7 Å². The summed E-state index contributed by atoms with van der Waals surface area (Å²) in [6.07, 6.45) is 4.76. The molecule has 0 saturated carbocycles. The number of ether oxygens (including phenoxy) is 2. The van der Waals surface area contributed by atoms with Crippen LogP contribution < -0.4 is 16.0 Å². The number of rotatable bonds is 5. The van der Waals surface area contributed by atoms with Gasteiger partial charge in [-0.25, -0.2) is 0 Å². The lowest BCUT2D eigenvalue weighted by Crippen LogP contribution is -2.51. The molecular weight excluding hydrogens is 346 g/mol. The first-order chi connectivity index (χ1) is 11.7. The molecule has 3 rings (SSSR count). The van der Waals surface area contributed by atoms with Gasteiger partial charge in [0.2, 0.25) is 11.8 Å². The van der Waals surface area contributed by atoms with Gasteiger partial charge >= 0.3 is 0 Å². The molecule has 3 unspecified atom stereocenters. The monoisotopic (exact) mass is 375 g/mol. The van der Waals surface area contributed by atoms with Crippen LogP contribution in [0.4, 0.5) is 0 Å². The summed E-state index contributed by atoms with van der Waals surface area (Å²) in [6, 6.07) is 0.144. The molecule has 7 nitrogen and oxygen atoms in total. The van der Waals surface area contributed by atoms with Crippen molar-refractivity contribution in [2.75, 3.05) is 39.5 Å². The number of halogens is 1. The van der Waals surface area contributed by atoms with E-state index in [4.69, 9.17) is 9.47 Å². The summed E-state index contributed by atoms with van der Waals surface area (Å²) in [7, 11) is 0. The van der Waals surface area contributed by atoms with Crippen molar-refractivity contribution in [1.29, 1.82) is 0 Å². The highest BCUT2D eigenvalue weighted by molar-refractivity contribution is 5.89. The van der Waals surface area contributed by atoms with Crippen molar-refractivity contribution in [3.63, 3.8) is 0 Å². The van der Waals surface area contributed by atoms with E-state index in [2.05, 4.69) is 16.0 Å². The minimum absolute atomic E-state index is 0. The Hall–Kier alpha value is -0.890. The van der Waals surface area contributed by atoms with E-state index in [1.54, 1.807) is 0 Å². The molecule has 3 saturated heterocycles. The summed E-state index contributed by atoms with van der Waals surface area (Å²) in [5.41, 5.74) is -0.642. The Labute approximate surface area is 155 Å². The van der Waals surface area contributed by atoms with Gasteiger partial charge in [-0.05, 0) is 38.6 Å². The van der Waals surface area contributed by atoms with Gasteiger partial charge in [0.15, 0.2) is 0 Å². The lowest BCUT2D eigenvalue weighted by Gasteiger charge is -2.31. The number of hydrogen-bond donors (Lipinski definition) is 3. The second-order valence-electron chi connectivity index (χ2n) is 7.25. The van der Waals surface area contributed by atoms with E-state index >= 15 is 0 Å². The van der Waals surface area contributed by atoms with E-state index in [0.717, 1.165) is 45.4 Å². The van der Waals surface area contributed by atoms with Crippen LogP contribution in [0.15, 0.2) is 0 Å². The Morgan fingerprint density at radius 1 is 1.04 bits per heavy atom. The normalized spacial score (nSPS) is 32.5. The molecule has 3 heterocycles. The van der Waals surface area contributed by atoms with Crippen LogP contribution in [0.25, 0.3) is 0 Å². The van der Waals surface area contributed by atoms with Crippen LogP contribution in [0.5, 0.6) is 0 Å². The first kappa shape index (κ1) is 20.4. The highest BCUT2D eigenvalue weighted by atomic mass is 35.5. The fourth-order valence-corrected chi connectivity index (χ4v) is 3.80. The molecular formula is C17H30ClN3O4. The summed E-state index contributed by atoms with van der Waals surface area (Å²) in [5, 5.41) is 9.38. The highest BCUT2D eigenvalue weighted by Crippen LogP contribution is 2.30. The summed E-state index contributed by atoms with van der Waals surface area (Å²) < 4.78 is 10.8. The molecule has 0 radical (unpaired) electrons. The Morgan fingerprint density at radius 2 is 1.68 bits per heavy atom. The van der Waals surface area contributed by atoms with Crippen molar-refractivity contribution >= 4 is 24.2 Å². The van der Waals surface area contributed by atoms with Gasteiger partial charge in [-0.3, -0.25) is 9.59 Å². The predicted octanol–water partition coefficient (Wildman–Crippen LogP) is 0.368. The Balaban J connectivity index is 0.00000225. The van der Waals surface area contributed by atoms with Gasteiger partial charge in [-0.2, -0.15) is 0 Å². The largest absolute Gasteiger partial charge is 0.379 e. The number of carbonyl (C=O) groups excluding carboxylic acids is 2. The predicted molar refractivity (Wildman–Crippen MR) is 95.8 cm³/mol. The molecule has 8 heteroatoms. The molecule has 0 spiro atoms. The van der Waals surface area contributed by atoms with Crippen LogP contribution in [-0.2, 0) is 19.1 Å². The third-order valence-electron chi connectivity index (χ3n) is 5.25. The Bertz CT molecular complexity index is 445. The molecule has 25 heavy (non-hydrogen) atoms. The lowest BCUT2D eigenvalue weighted by molar-refractivity contribution is -0.137. The zero-order chi connectivity index (χ0) is 16.8. The van der Waals surface area contributed by atoms with Gasteiger partial charge in [0.1, 0.15) is 0 Å². The average Bonchev–Trinajstić information content (AvgIpc) is 3.06. The molecule has 3 N–H and O–H groups in total. The van der Waals surface area contributed by atoms with Crippen molar-refractivity contribution in [3.8, 4) is 0 Å². The quantitative estimate of drug-likeness (QED) is 0.646. The first-order valence-electron chi connectivity index (χ1n) is 9.14. The standard InChI is InChI=1S/C17H29N3O4.ClH/c21-15(19-13-3-1-7-23-10-13)9-17(5-6-18-12-17)16(22)20-14-4-2-8-24-11-14;/h13-14,18H,1-12H2,(H,19,21)(H,20,22);1H. The van der Waals surface area contributed by atoms with Gasteiger partial charge in [0.25, 0.3) is 0 Å². The second kappa shape index (κ2) is 9.71. The molecule has 0 aromatic heterocycles. The molecule has 3 atom stereocenters. The van der Waals surface area contributed by atoms with Crippen LogP contribution in [0.3, 0.4) is 0 Å². The van der Waals surface area contributed by atoms with Crippen LogP contribution in [0.2, 0.25) is 0 Å². The number of hydrogen-bond acceptors (Lipinski definition) is 5. The van der Waals surface area contributed by atoms with E-state index in [0.29, 0.717) is 26.2 Å². The molecule has 3 fully saturated rings. The summed E-state index contributed by atoms with van der Waals surface area (Å²) >= 11 is 0. The van der Waals surface area contributed by atoms with Crippen LogP contribution in [-0.4, -0.2) is 63.4 Å². The zero-order valence-electron chi connectivity index (χ0n) is 14.7. The second-order valence-corrected chi connectivity index (χ2v) is 7.25. The van der Waals surface area contributed by atoms with Gasteiger partial charge in [0.05, 0.1) is 30.7 Å². The van der Waals surface area contributed by atoms with Crippen LogP contribution in [0.1, 0.15) is 38.5 Å². The average molecular weight is 376 g/mol. The molecule has 0 aliphatic carbocycles. The van der Waals surface area contributed by atoms with Crippen molar-refractivity contribution in [2.24, 2.45) is 5.41 Å². The Morgan fingerprint density at radius 3 is 2.20 bits per heavy atom. The van der Waals surface area contributed by atoms with Gasteiger partial charge < -0.3 is 25.4 Å². The maximum absolute atomic E-state index is 12.9. The summed E-state index contributed by atoms with van der Waals surface area (Å²) in [4.78, 5) is 25.3. The minimum Gasteiger partial charge on any atom is -0.379 e. The molecule has 2 amide bonds. The number of nitrogens with one attached hydrogen (secondary N) is 3. The molecule has 3 aliphatic rings. The minimum atomic E-state index is -0.642. The van der Waals surface area contributed by atoms with Crippen molar-refractivity contribution in [1.82, 2.24) is 16.0 Å². The number of amides is 2. The first-order valence-corrected chi connectivity index (χ1v) is 9.14. The maximum Gasteiger partial charge on any atom is 0.228 e. The van der Waals surface area contributed by atoms with E-state index in [1.165, 1.54) is 0 Å². The SMILES string of the molecule is Cl.O=C(CC1(C(=O)NC2CCCOC2)CCNC1)NC1CCCOC1. The Kier molecular flexibility index (Phi) is 7.93. The van der Waals surface area contributed by atoms with E-state index < -0.39 is 5.41 Å². The third-order valence-corrected chi connectivity index (χ3v) is 5.25. The summed E-state index contributed by atoms with van der Waals surface area (Å²) in [5.74, 6) is -0.0673.